The summed E-state index contributed by atoms with van der Waals surface area (Å²) in [5, 5.41) is 2.00. The number of nitrogens with zero attached hydrogens (tertiary/aromatic N) is 2. The molecule has 2 heterocycles. The molecule has 2 aromatic heterocycles. The van der Waals surface area contributed by atoms with Crippen molar-refractivity contribution in [2.75, 3.05) is 5.73 Å². The summed E-state index contributed by atoms with van der Waals surface area (Å²) >= 11 is 8.52. The molecule has 2 N–H and O–H groups in total. The van der Waals surface area contributed by atoms with Crippen molar-refractivity contribution in [2.45, 2.75) is 19.8 Å². The second-order valence-electron chi connectivity index (χ2n) is 3.88. The van der Waals surface area contributed by atoms with Crippen molar-refractivity contribution >= 4 is 49.0 Å². The maximum Gasteiger partial charge on any atom is 0.173 e. The van der Waals surface area contributed by atoms with E-state index in [9.17, 15) is 0 Å². The Balaban J connectivity index is 2.61. The highest BCUT2D eigenvalue weighted by molar-refractivity contribution is 9.11. The Labute approximate surface area is 121 Å². The van der Waals surface area contributed by atoms with Gasteiger partial charge in [-0.15, -0.1) is 11.3 Å². The zero-order valence-corrected chi connectivity index (χ0v) is 13.4. The van der Waals surface area contributed by atoms with E-state index in [1.807, 2.05) is 11.4 Å². The maximum absolute atomic E-state index is 5.91. The van der Waals surface area contributed by atoms with E-state index in [4.69, 9.17) is 5.73 Å². The number of hydrogen-bond acceptors (Lipinski definition) is 4. The third-order valence-electron chi connectivity index (χ3n) is 2.27. The van der Waals surface area contributed by atoms with Gasteiger partial charge in [-0.3, -0.25) is 0 Å². The minimum Gasteiger partial charge on any atom is -0.383 e. The Kier molecular flexibility index (Phi) is 3.85. The van der Waals surface area contributed by atoms with E-state index in [1.54, 1.807) is 11.3 Å². The lowest BCUT2D eigenvalue weighted by molar-refractivity contribution is 0.811. The first-order valence-electron chi connectivity index (χ1n) is 5.07. The van der Waals surface area contributed by atoms with Crippen molar-refractivity contribution in [3.8, 4) is 10.7 Å². The Bertz CT molecular complexity index is 552. The molecule has 0 amide bonds. The zero-order chi connectivity index (χ0) is 12.6. The molecule has 0 saturated heterocycles. The van der Waals surface area contributed by atoms with Crippen LogP contribution < -0.4 is 5.73 Å². The number of nitrogens with two attached hydrogens (primary N) is 1. The van der Waals surface area contributed by atoms with E-state index in [1.165, 1.54) is 0 Å². The SMILES string of the molecule is CC(C)c1nc(-c2sccc2Br)nc(N)c1Br. The molecular weight excluding hydrogens is 366 g/mol. The van der Waals surface area contributed by atoms with Crippen LogP contribution in [0, 0.1) is 0 Å². The van der Waals surface area contributed by atoms with Crippen molar-refractivity contribution in [3.63, 3.8) is 0 Å². The largest absolute Gasteiger partial charge is 0.383 e. The first-order chi connectivity index (χ1) is 8.00. The fraction of sp³-hybridized carbons (Fsp3) is 0.273. The lowest BCUT2D eigenvalue weighted by Gasteiger charge is -2.10. The fourth-order valence-electron chi connectivity index (χ4n) is 1.42. The smallest absolute Gasteiger partial charge is 0.173 e. The van der Waals surface area contributed by atoms with Crippen molar-refractivity contribution in [2.24, 2.45) is 0 Å². The summed E-state index contributed by atoms with van der Waals surface area (Å²) in [6, 6.07) is 1.98. The van der Waals surface area contributed by atoms with Gasteiger partial charge in [0.05, 0.1) is 15.0 Å². The number of rotatable bonds is 2. The van der Waals surface area contributed by atoms with Gasteiger partial charge in [0, 0.05) is 4.47 Å². The Morgan fingerprint density at radius 1 is 1.29 bits per heavy atom. The van der Waals surface area contributed by atoms with Gasteiger partial charge in [0.25, 0.3) is 0 Å². The lowest BCUT2D eigenvalue weighted by Crippen LogP contribution is -2.03. The number of anilines is 1. The van der Waals surface area contributed by atoms with Crippen molar-refractivity contribution in [1.82, 2.24) is 9.97 Å². The molecular formula is C11H11Br2N3S. The number of hydrogen-bond donors (Lipinski definition) is 1. The lowest BCUT2D eigenvalue weighted by atomic mass is 10.1. The average Bonchev–Trinajstić information content (AvgIpc) is 2.68. The van der Waals surface area contributed by atoms with Crippen molar-refractivity contribution < 1.29 is 0 Å². The minimum absolute atomic E-state index is 0.298. The topological polar surface area (TPSA) is 51.8 Å². The summed E-state index contributed by atoms with van der Waals surface area (Å²) in [6.07, 6.45) is 0. The summed E-state index contributed by atoms with van der Waals surface area (Å²) in [7, 11) is 0. The summed E-state index contributed by atoms with van der Waals surface area (Å²) in [4.78, 5) is 9.90. The van der Waals surface area contributed by atoms with E-state index in [0.717, 1.165) is 19.5 Å². The second kappa shape index (κ2) is 5.04. The Morgan fingerprint density at radius 3 is 2.53 bits per heavy atom. The molecule has 0 spiro atoms. The van der Waals surface area contributed by atoms with Gasteiger partial charge in [0.1, 0.15) is 5.82 Å². The van der Waals surface area contributed by atoms with Crippen LogP contribution in [0.1, 0.15) is 25.5 Å². The fourth-order valence-corrected chi connectivity index (χ4v) is 3.54. The minimum atomic E-state index is 0.298. The molecule has 90 valence electrons. The van der Waals surface area contributed by atoms with E-state index in [0.29, 0.717) is 17.6 Å². The van der Waals surface area contributed by atoms with Crippen LogP contribution in [0.15, 0.2) is 20.4 Å². The first-order valence-corrected chi connectivity index (χ1v) is 7.53. The molecule has 2 rings (SSSR count). The zero-order valence-electron chi connectivity index (χ0n) is 9.37. The van der Waals surface area contributed by atoms with Gasteiger partial charge in [-0.1, -0.05) is 13.8 Å². The van der Waals surface area contributed by atoms with Crippen molar-refractivity contribution in [3.05, 3.63) is 26.1 Å². The average molecular weight is 377 g/mol. The quantitative estimate of drug-likeness (QED) is 0.842. The standard InChI is InChI=1S/C11H11Br2N3S/c1-5(2)8-7(13)10(14)16-11(15-8)9-6(12)3-4-17-9/h3-5H,1-2H3,(H2,14,15,16). The predicted octanol–water partition coefficient (Wildman–Crippen LogP) is 4.44. The van der Waals surface area contributed by atoms with Crippen LogP contribution in [0.4, 0.5) is 5.82 Å². The van der Waals surface area contributed by atoms with Gasteiger partial charge in [-0.05, 0) is 49.2 Å². The molecule has 0 aliphatic heterocycles. The number of halogens is 2. The first kappa shape index (κ1) is 13.0. The van der Waals surface area contributed by atoms with Gasteiger partial charge in [-0.25, -0.2) is 9.97 Å². The van der Waals surface area contributed by atoms with Crippen LogP contribution in [0.2, 0.25) is 0 Å². The Hall–Kier alpha value is -0.460. The molecule has 2 aromatic rings. The predicted molar refractivity (Wildman–Crippen MR) is 79.2 cm³/mol. The summed E-state index contributed by atoms with van der Waals surface area (Å²) in [5.74, 6) is 1.46. The van der Waals surface area contributed by atoms with E-state index in [-0.39, 0.29) is 0 Å². The molecule has 0 unspecified atom stereocenters. The van der Waals surface area contributed by atoms with Gasteiger partial charge in [-0.2, -0.15) is 0 Å². The summed E-state index contributed by atoms with van der Waals surface area (Å²) in [5.41, 5.74) is 6.84. The van der Waals surface area contributed by atoms with Crippen LogP contribution in [0.5, 0.6) is 0 Å². The van der Waals surface area contributed by atoms with E-state index >= 15 is 0 Å². The van der Waals surface area contributed by atoms with Crippen LogP contribution in [0.3, 0.4) is 0 Å². The normalized spacial score (nSPS) is 11.1. The molecule has 6 heteroatoms. The molecule has 0 atom stereocenters. The Morgan fingerprint density at radius 2 is 2.00 bits per heavy atom. The second-order valence-corrected chi connectivity index (χ2v) is 6.45. The van der Waals surface area contributed by atoms with Crippen LogP contribution in [-0.4, -0.2) is 9.97 Å². The molecule has 0 fully saturated rings. The highest BCUT2D eigenvalue weighted by Gasteiger charge is 2.16. The van der Waals surface area contributed by atoms with Gasteiger partial charge in [0.15, 0.2) is 5.82 Å². The molecule has 3 nitrogen and oxygen atoms in total. The van der Waals surface area contributed by atoms with Crippen LogP contribution in [-0.2, 0) is 0 Å². The maximum atomic E-state index is 5.91. The monoisotopic (exact) mass is 375 g/mol. The van der Waals surface area contributed by atoms with E-state index < -0.39 is 0 Å². The number of thiophene rings is 1. The van der Waals surface area contributed by atoms with Crippen LogP contribution in [0.25, 0.3) is 10.7 Å². The molecule has 0 bridgehead atoms. The molecule has 0 aliphatic carbocycles. The van der Waals surface area contributed by atoms with E-state index in [2.05, 4.69) is 55.7 Å². The highest BCUT2D eigenvalue weighted by atomic mass is 79.9. The molecule has 0 aromatic carbocycles. The molecule has 0 radical (unpaired) electrons. The summed E-state index contributed by atoms with van der Waals surface area (Å²) < 4.78 is 1.79. The third kappa shape index (κ3) is 2.53. The number of aromatic nitrogens is 2. The van der Waals surface area contributed by atoms with Gasteiger partial charge < -0.3 is 5.73 Å². The summed E-state index contributed by atoms with van der Waals surface area (Å²) in [6.45, 7) is 4.17. The highest BCUT2D eigenvalue weighted by Crippen LogP contribution is 2.35. The van der Waals surface area contributed by atoms with Crippen LogP contribution >= 0.6 is 43.2 Å². The van der Waals surface area contributed by atoms with Gasteiger partial charge in [0.2, 0.25) is 0 Å². The third-order valence-corrected chi connectivity index (χ3v) is 4.92. The van der Waals surface area contributed by atoms with Crippen molar-refractivity contribution in [1.29, 1.82) is 0 Å². The van der Waals surface area contributed by atoms with Gasteiger partial charge >= 0.3 is 0 Å². The number of nitrogen functional groups attached to an aromatic ring is 1. The molecule has 17 heavy (non-hydrogen) atoms. The molecule has 0 aliphatic rings. The molecule has 0 saturated carbocycles.